The summed E-state index contributed by atoms with van der Waals surface area (Å²) in [5, 5.41) is 0. The van der Waals surface area contributed by atoms with Crippen molar-refractivity contribution in [3.63, 3.8) is 0 Å². The molecule has 98 valence electrons. The lowest BCUT2D eigenvalue weighted by molar-refractivity contribution is -0.122. The summed E-state index contributed by atoms with van der Waals surface area (Å²) in [6, 6.07) is 0.692. The number of likely N-dealkylation sites (N-methyl/N-ethyl adjacent to an activating group) is 1. The molecule has 0 aromatic carbocycles. The molecule has 1 aliphatic heterocycles. The quantitative estimate of drug-likeness (QED) is 0.770. The van der Waals surface area contributed by atoms with E-state index in [1.54, 1.807) is 0 Å². The lowest BCUT2D eigenvalue weighted by Crippen LogP contribution is -2.43. The van der Waals surface area contributed by atoms with Crippen LogP contribution in [0.2, 0.25) is 0 Å². The maximum Gasteiger partial charge on any atom is 0.223 e. The molecule has 1 amide bonds. The zero-order chi connectivity index (χ0) is 12.3. The molecule has 1 aliphatic carbocycles. The summed E-state index contributed by atoms with van der Waals surface area (Å²) < 4.78 is 0. The van der Waals surface area contributed by atoms with Crippen LogP contribution in [0.15, 0.2) is 0 Å². The van der Waals surface area contributed by atoms with Crippen LogP contribution in [-0.2, 0) is 4.79 Å². The molecule has 2 N–H and O–H groups in total. The molecule has 0 aromatic rings. The zero-order valence-electron chi connectivity index (χ0n) is 10.9. The molecule has 17 heavy (non-hydrogen) atoms. The lowest BCUT2D eigenvalue weighted by atomic mass is 9.93. The number of amides is 1. The van der Waals surface area contributed by atoms with E-state index in [0.29, 0.717) is 6.04 Å². The average molecular weight is 239 g/mol. The molecule has 0 radical (unpaired) electrons. The Hall–Kier alpha value is -0.610. The Balaban J connectivity index is 1.98. The van der Waals surface area contributed by atoms with Crippen molar-refractivity contribution in [1.82, 2.24) is 9.80 Å². The van der Waals surface area contributed by atoms with Crippen LogP contribution in [0.1, 0.15) is 32.1 Å². The van der Waals surface area contributed by atoms with Crippen LogP contribution < -0.4 is 5.73 Å². The molecule has 2 aliphatic rings. The Kier molecular flexibility index (Phi) is 4.40. The number of primary amides is 1. The highest BCUT2D eigenvalue weighted by Gasteiger charge is 2.29. The van der Waals surface area contributed by atoms with E-state index < -0.39 is 0 Å². The number of carbonyl (C=O) groups excluding carboxylic acids is 1. The summed E-state index contributed by atoms with van der Waals surface area (Å²) in [6.07, 6.45) is 6.67. The van der Waals surface area contributed by atoms with Crippen LogP contribution in [0.25, 0.3) is 0 Å². The number of hydrogen-bond acceptors (Lipinski definition) is 3. The molecule has 0 bridgehead atoms. The van der Waals surface area contributed by atoms with Crippen LogP contribution >= 0.6 is 0 Å². The van der Waals surface area contributed by atoms with Gasteiger partial charge in [-0.2, -0.15) is 0 Å². The first-order chi connectivity index (χ1) is 8.16. The summed E-state index contributed by atoms with van der Waals surface area (Å²) in [5.41, 5.74) is 5.50. The second kappa shape index (κ2) is 5.83. The molecule has 0 unspecified atom stereocenters. The minimum atomic E-state index is -0.139. The molecular formula is C13H25N3O. The average Bonchev–Trinajstić information content (AvgIpc) is 2.52. The van der Waals surface area contributed by atoms with E-state index in [9.17, 15) is 4.79 Å². The maximum absolute atomic E-state index is 11.4. The molecule has 2 fully saturated rings. The molecule has 1 saturated heterocycles. The van der Waals surface area contributed by atoms with Gasteiger partial charge in [0.05, 0.1) is 5.92 Å². The topological polar surface area (TPSA) is 49.6 Å². The van der Waals surface area contributed by atoms with E-state index in [-0.39, 0.29) is 11.8 Å². The predicted octanol–water partition coefficient (Wildman–Crippen LogP) is 0.668. The highest BCUT2D eigenvalue weighted by Crippen LogP contribution is 2.24. The van der Waals surface area contributed by atoms with E-state index in [1.807, 2.05) is 0 Å². The fraction of sp³-hybridized carbons (Fsp3) is 0.923. The Labute approximate surface area is 104 Å². The van der Waals surface area contributed by atoms with Crippen LogP contribution in [0, 0.1) is 5.92 Å². The molecule has 2 rings (SSSR count). The fourth-order valence-corrected chi connectivity index (χ4v) is 3.16. The van der Waals surface area contributed by atoms with Crippen LogP contribution in [0.4, 0.5) is 0 Å². The van der Waals surface area contributed by atoms with E-state index >= 15 is 0 Å². The summed E-state index contributed by atoms with van der Waals surface area (Å²) in [4.78, 5) is 16.2. The van der Waals surface area contributed by atoms with Crippen LogP contribution in [-0.4, -0.2) is 55.0 Å². The summed E-state index contributed by atoms with van der Waals surface area (Å²) in [7, 11) is 2.08. The summed E-state index contributed by atoms with van der Waals surface area (Å²) >= 11 is 0. The highest BCUT2D eigenvalue weighted by atomic mass is 16.1. The van der Waals surface area contributed by atoms with Gasteiger partial charge in [-0.1, -0.05) is 19.3 Å². The van der Waals surface area contributed by atoms with Gasteiger partial charge in [-0.05, 0) is 19.9 Å². The SMILES string of the molecule is CN1CCN(C2CCCCC2)C[C@@H](C(N)=O)C1. The zero-order valence-corrected chi connectivity index (χ0v) is 10.9. The molecule has 0 spiro atoms. The Morgan fingerprint density at radius 3 is 2.47 bits per heavy atom. The van der Waals surface area contributed by atoms with Crippen molar-refractivity contribution in [2.45, 2.75) is 38.1 Å². The number of nitrogens with two attached hydrogens (primary N) is 1. The molecule has 4 nitrogen and oxygen atoms in total. The standard InChI is InChI=1S/C13H25N3O/c1-15-7-8-16(10-11(9-15)13(14)17)12-5-3-2-4-6-12/h11-12H,2-10H2,1H3,(H2,14,17)/t11-/m0/s1. The van der Waals surface area contributed by atoms with E-state index in [2.05, 4.69) is 16.8 Å². The van der Waals surface area contributed by atoms with Crippen molar-refractivity contribution >= 4 is 5.91 Å². The molecule has 0 aromatic heterocycles. The lowest BCUT2D eigenvalue weighted by Gasteiger charge is -2.34. The normalized spacial score (nSPS) is 30.1. The van der Waals surface area contributed by atoms with E-state index in [0.717, 1.165) is 26.2 Å². The van der Waals surface area contributed by atoms with E-state index in [1.165, 1.54) is 32.1 Å². The monoisotopic (exact) mass is 239 g/mol. The van der Waals surface area contributed by atoms with Crippen molar-refractivity contribution in [1.29, 1.82) is 0 Å². The van der Waals surface area contributed by atoms with Gasteiger partial charge in [-0.15, -0.1) is 0 Å². The number of carbonyl (C=O) groups is 1. The molecule has 4 heteroatoms. The Morgan fingerprint density at radius 1 is 1.12 bits per heavy atom. The first-order valence-electron chi connectivity index (χ1n) is 6.88. The van der Waals surface area contributed by atoms with Gasteiger partial charge in [-0.3, -0.25) is 9.69 Å². The smallest absolute Gasteiger partial charge is 0.223 e. The van der Waals surface area contributed by atoms with E-state index in [4.69, 9.17) is 5.73 Å². The van der Waals surface area contributed by atoms with Crippen LogP contribution in [0.5, 0.6) is 0 Å². The third-order valence-electron chi connectivity index (χ3n) is 4.25. The summed E-state index contributed by atoms with van der Waals surface area (Å²) in [6.45, 7) is 3.83. The maximum atomic E-state index is 11.4. The largest absolute Gasteiger partial charge is 0.369 e. The first-order valence-corrected chi connectivity index (χ1v) is 6.88. The number of nitrogens with zero attached hydrogens (tertiary/aromatic N) is 2. The van der Waals surface area contributed by atoms with Crippen molar-refractivity contribution < 1.29 is 4.79 Å². The number of hydrogen-bond donors (Lipinski definition) is 1. The van der Waals surface area contributed by atoms with Gasteiger partial charge >= 0.3 is 0 Å². The molecule has 1 heterocycles. The fourth-order valence-electron chi connectivity index (χ4n) is 3.16. The van der Waals surface area contributed by atoms with Gasteiger partial charge in [0.1, 0.15) is 0 Å². The van der Waals surface area contributed by atoms with Gasteiger partial charge < -0.3 is 10.6 Å². The van der Waals surface area contributed by atoms with Crippen molar-refractivity contribution in [2.24, 2.45) is 11.7 Å². The van der Waals surface area contributed by atoms with Gasteiger partial charge in [0.15, 0.2) is 0 Å². The Bertz CT molecular complexity index is 263. The third kappa shape index (κ3) is 3.42. The number of rotatable bonds is 2. The predicted molar refractivity (Wildman–Crippen MR) is 68.6 cm³/mol. The Morgan fingerprint density at radius 2 is 1.82 bits per heavy atom. The summed E-state index contributed by atoms with van der Waals surface area (Å²) in [5.74, 6) is -0.135. The second-order valence-corrected chi connectivity index (χ2v) is 5.65. The van der Waals surface area contributed by atoms with Crippen molar-refractivity contribution in [2.75, 3.05) is 33.2 Å². The minimum Gasteiger partial charge on any atom is -0.369 e. The van der Waals surface area contributed by atoms with Gasteiger partial charge in [-0.25, -0.2) is 0 Å². The minimum absolute atomic E-state index is 0.00410. The van der Waals surface area contributed by atoms with Gasteiger partial charge in [0.25, 0.3) is 0 Å². The van der Waals surface area contributed by atoms with Gasteiger partial charge in [0.2, 0.25) is 5.91 Å². The van der Waals surface area contributed by atoms with Crippen LogP contribution in [0.3, 0.4) is 0 Å². The van der Waals surface area contributed by atoms with Crippen molar-refractivity contribution in [3.05, 3.63) is 0 Å². The van der Waals surface area contributed by atoms with Crippen molar-refractivity contribution in [3.8, 4) is 0 Å². The third-order valence-corrected chi connectivity index (χ3v) is 4.25. The van der Waals surface area contributed by atoms with Gasteiger partial charge in [0, 0.05) is 32.2 Å². The highest BCUT2D eigenvalue weighted by molar-refractivity contribution is 5.77. The molecule has 1 saturated carbocycles. The second-order valence-electron chi connectivity index (χ2n) is 5.65. The first kappa shape index (κ1) is 12.8. The molecule has 1 atom stereocenters. The molecular weight excluding hydrogens is 214 g/mol.